The number of rotatable bonds is 7. The molecule has 2 heterocycles. The number of hydrogen-bond acceptors (Lipinski definition) is 6. The standard InChI is InChI=1S/C14H21N5S2/c1-5-6-7-20-14-18-17-12(19(14)4)9-21-13-15-10(2)8-11(3)16-13/h8H,5-7,9H2,1-4H3. The van der Waals surface area contributed by atoms with Crippen LogP contribution in [0.3, 0.4) is 0 Å². The monoisotopic (exact) mass is 323 g/mol. The van der Waals surface area contributed by atoms with Gasteiger partial charge in [0.05, 0.1) is 5.75 Å². The summed E-state index contributed by atoms with van der Waals surface area (Å²) in [6, 6.07) is 1.98. The molecule has 0 N–H and O–H groups in total. The zero-order valence-electron chi connectivity index (χ0n) is 13.0. The summed E-state index contributed by atoms with van der Waals surface area (Å²) in [6.45, 7) is 6.18. The SMILES string of the molecule is CCCCSc1nnc(CSc2nc(C)cc(C)n2)n1C. The molecule has 0 spiro atoms. The van der Waals surface area contributed by atoms with Crippen molar-refractivity contribution in [2.24, 2.45) is 7.05 Å². The van der Waals surface area contributed by atoms with Gasteiger partial charge < -0.3 is 4.57 Å². The predicted molar refractivity (Wildman–Crippen MR) is 87.7 cm³/mol. The molecule has 2 aromatic heterocycles. The number of unbranched alkanes of at least 4 members (excludes halogenated alkanes) is 1. The average molecular weight is 323 g/mol. The van der Waals surface area contributed by atoms with E-state index in [4.69, 9.17) is 0 Å². The minimum absolute atomic E-state index is 0.737. The van der Waals surface area contributed by atoms with Gasteiger partial charge in [-0.2, -0.15) is 0 Å². The highest BCUT2D eigenvalue weighted by molar-refractivity contribution is 7.99. The van der Waals surface area contributed by atoms with E-state index < -0.39 is 0 Å². The van der Waals surface area contributed by atoms with Crippen LogP contribution in [-0.4, -0.2) is 30.5 Å². The van der Waals surface area contributed by atoms with Crippen LogP contribution in [0.1, 0.15) is 37.0 Å². The van der Waals surface area contributed by atoms with Crippen LogP contribution < -0.4 is 0 Å². The van der Waals surface area contributed by atoms with Crippen molar-refractivity contribution in [1.29, 1.82) is 0 Å². The zero-order valence-corrected chi connectivity index (χ0v) is 14.6. The summed E-state index contributed by atoms with van der Waals surface area (Å²) in [6.07, 6.45) is 2.41. The molecule has 0 radical (unpaired) electrons. The van der Waals surface area contributed by atoms with E-state index in [0.29, 0.717) is 0 Å². The van der Waals surface area contributed by atoms with Crippen molar-refractivity contribution < 1.29 is 0 Å². The van der Waals surface area contributed by atoms with Crippen molar-refractivity contribution in [3.63, 3.8) is 0 Å². The largest absolute Gasteiger partial charge is 0.308 e. The van der Waals surface area contributed by atoms with Gasteiger partial charge in [0, 0.05) is 24.2 Å². The van der Waals surface area contributed by atoms with Gasteiger partial charge >= 0.3 is 0 Å². The van der Waals surface area contributed by atoms with E-state index in [1.807, 2.05) is 27.0 Å². The van der Waals surface area contributed by atoms with Crippen LogP contribution >= 0.6 is 23.5 Å². The first kappa shape index (κ1) is 16.3. The summed E-state index contributed by atoms with van der Waals surface area (Å²) in [5.74, 6) is 2.79. The van der Waals surface area contributed by atoms with Crippen LogP contribution in [0.25, 0.3) is 0 Å². The van der Waals surface area contributed by atoms with Crippen molar-refractivity contribution in [3.05, 3.63) is 23.3 Å². The van der Waals surface area contributed by atoms with Gasteiger partial charge in [-0.05, 0) is 26.3 Å². The third kappa shape index (κ3) is 4.71. The maximum absolute atomic E-state index is 4.44. The molecule has 2 rings (SSSR count). The number of thioether (sulfide) groups is 2. The van der Waals surface area contributed by atoms with Crippen LogP contribution in [0.4, 0.5) is 0 Å². The second-order valence-electron chi connectivity index (χ2n) is 4.88. The lowest BCUT2D eigenvalue weighted by Gasteiger charge is -2.04. The molecule has 0 fully saturated rings. The summed E-state index contributed by atoms with van der Waals surface area (Å²) in [7, 11) is 2.02. The van der Waals surface area contributed by atoms with Crippen molar-refractivity contribution in [2.45, 2.75) is 49.7 Å². The molecule has 0 aromatic carbocycles. The lowest BCUT2D eigenvalue weighted by molar-refractivity contribution is 0.759. The van der Waals surface area contributed by atoms with Crippen LogP contribution in [-0.2, 0) is 12.8 Å². The smallest absolute Gasteiger partial charge is 0.190 e. The van der Waals surface area contributed by atoms with Gasteiger partial charge in [0.25, 0.3) is 0 Å². The Labute approximate surface area is 134 Å². The van der Waals surface area contributed by atoms with Gasteiger partial charge in [-0.1, -0.05) is 36.9 Å². The molecule has 0 aliphatic heterocycles. The fourth-order valence-electron chi connectivity index (χ4n) is 1.79. The van der Waals surface area contributed by atoms with E-state index in [1.165, 1.54) is 12.8 Å². The van der Waals surface area contributed by atoms with Gasteiger partial charge in [-0.15, -0.1) is 10.2 Å². The molecular weight excluding hydrogens is 302 g/mol. The number of aromatic nitrogens is 5. The third-order valence-electron chi connectivity index (χ3n) is 2.95. The first-order valence-corrected chi connectivity index (χ1v) is 9.03. The van der Waals surface area contributed by atoms with Gasteiger partial charge in [0.2, 0.25) is 0 Å². The predicted octanol–water partition coefficient (Wildman–Crippen LogP) is 3.41. The van der Waals surface area contributed by atoms with Crippen molar-refractivity contribution in [2.75, 3.05) is 5.75 Å². The molecule has 0 aliphatic carbocycles. The van der Waals surface area contributed by atoms with E-state index in [2.05, 4.69) is 31.7 Å². The lowest BCUT2D eigenvalue weighted by Crippen LogP contribution is -1.99. The first-order valence-electron chi connectivity index (χ1n) is 7.06. The normalized spacial score (nSPS) is 11.0. The Kier molecular flexibility index (Phi) is 6.05. The molecule has 114 valence electrons. The van der Waals surface area contributed by atoms with Gasteiger partial charge in [-0.3, -0.25) is 0 Å². The Morgan fingerprint density at radius 2 is 1.81 bits per heavy atom. The number of aryl methyl sites for hydroxylation is 2. The quantitative estimate of drug-likeness (QED) is 0.442. The molecule has 5 nitrogen and oxygen atoms in total. The van der Waals surface area contributed by atoms with Crippen LogP contribution in [0.15, 0.2) is 16.4 Å². The maximum atomic E-state index is 4.44. The molecule has 2 aromatic rings. The highest BCUT2D eigenvalue weighted by Gasteiger charge is 2.10. The van der Waals surface area contributed by atoms with Crippen molar-refractivity contribution in [1.82, 2.24) is 24.7 Å². The van der Waals surface area contributed by atoms with Gasteiger partial charge in [0.1, 0.15) is 5.82 Å². The second-order valence-corrected chi connectivity index (χ2v) is 6.89. The average Bonchev–Trinajstić information content (AvgIpc) is 2.77. The van der Waals surface area contributed by atoms with Crippen LogP contribution in [0, 0.1) is 13.8 Å². The molecule has 0 aliphatic rings. The minimum atomic E-state index is 0.737. The zero-order chi connectivity index (χ0) is 15.2. The Hall–Kier alpha value is -1.08. The third-order valence-corrected chi connectivity index (χ3v) is 4.90. The van der Waals surface area contributed by atoms with E-state index >= 15 is 0 Å². The van der Waals surface area contributed by atoms with Gasteiger partial charge in [-0.25, -0.2) is 9.97 Å². The molecule has 0 atom stereocenters. The Morgan fingerprint density at radius 1 is 1.10 bits per heavy atom. The summed E-state index contributed by atoms with van der Waals surface area (Å²) in [4.78, 5) is 8.87. The molecular formula is C14H21N5S2. The first-order chi connectivity index (χ1) is 10.1. The van der Waals surface area contributed by atoms with Gasteiger partial charge in [0.15, 0.2) is 10.3 Å². The molecule has 0 bridgehead atoms. The van der Waals surface area contributed by atoms with E-state index in [1.54, 1.807) is 23.5 Å². The topological polar surface area (TPSA) is 56.5 Å². The Bertz CT molecular complexity index is 577. The Morgan fingerprint density at radius 3 is 2.48 bits per heavy atom. The fraction of sp³-hybridized carbons (Fsp3) is 0.571. The summed E-state index contributed by atoms with van der Waals surface area (Å²) in [5.41, 5.74) is 2.00. The van der Waals surface area contributed by atoms with Crippen molar-refractivity contribution >= 4 is 23.5 Å². The number of nitrogens with zero attached hydrogens (tertiary/aromatic N) is 5. The molecule has 0 unspecified atom stereocenters. The summed E-state index contributed by atoms with van der Waals surface area (Å²) < 4.78 is 2.07. The Balaban J connectivity index is 1.97. The highest BCUT2D eigenvalue weighted by atomic mass is 32.2. The second kappa shape index (κ2) is 7.79. The molecule has 0 amide bonds. The van der Waals surface area contributed by atoms with Crippen molar-refractivity contribution in [3.8, 4) is 0 Å². The highest BCUT2D eigenvalue weighted by Crippen LogP contribution is 2.22. The van der Waals surface area contributed by atoms with E-state index in [0.717, 1.165) is 39.0 Å². The summed E-state index contributed by atoms with van der Waals surface area (Å²) >= 11 is 3.37. The molecule has 0 saturated heterocycles. The summed E-state index contributed by atoms with van der Waals surface area (Å²) in [5, 5.41) is 10.3. The lowest BCUT2D eigenvalue weighted by atomic mass is 10.4. The minimum Gasteiger partial charge on any atom is -0.308 e. The molecule has 21 heavy (non-hydrogen) atoms. The van der Waals surface area contributed by atoms with Crippen LogP contribution in [0.5, 0.6) is 0 Å². The molecule has 0 saturated carbocycles. The van der Waals surface area contributed by atoms with E-state index in [-0.39, 0.29) is 0 Å². The van der Waals surface area contributed by atoms with Crippen LogP contribution in [0.2, 0.25) is 0 Å². The fourth-order valence-corrected chi connectivity index (χ4v) is 3.73. The van der Waals surface area contributed by atoms with E-state index in [9.17, 15) is 0 Å². The molecule has 7 heteroatoms. The number of hydrogen-bond donors (Lipinski definition) is 0. The maximum Gasteiger partial charge on any atom is 0.190 e.